The van der Waals surface area contributed by atoms with E-state index in [-0.39, 0.29) is 17.4 Å². The molecule has 2 heteroatoms. The molecule has 4 unspecified atom stereocenters. The van der Waals surface area contributed by atoms with E-state index in [2.05, 4.69) is 212 Å². The van der Waals surface area contributed by atoms with E-state index in [1.807, 2.05) is 0 Å². The van der Waals surface area contributed by atoms with E-state index in [9.17, 15) is 0 Å². The van der Waals surface area contributed by atoms with E-state index >= 15 is 0 Å². The minimum absolute atomic E-state index is 0.0273. The third-order valence-corrected chi connectivity index (χ3v) is 12.4. The summed E-state index contributed by atoms with van der Waals surface area (Å²) in [7, 11) is 0. The van der Waals surface area contributed by atoms with Crippen molar-refractivity contribution in [3.63, 3.8) is 0 Å². The summed E-state index contributed by atoms with van der Waals surface area (Å²) in [5.41, 5.74) is 17.2. The van der Waals surface area contributed by atoms with Crippen molar-refractivity contribution in [1.29, 1.82) is 0 Å². The van der Waals surface area contributed by atoms with Crippen LogP contribution in [0.25, 0.3) is 22.3 Å². The Balaban J connectivity index is 0.941. The van der Waals surface area contributed by atoms with Crippen LogP contribution in [0, 0.1) is 0 Å². The molecule has 55 heavy (non-hydrogen) atoms. The first-order valence-electron chi connectivity index (χ1n) is 19.9. The SMILES string of the molecule is CC1(C)c2ccccc2-c2ccc(C3C=C(c4ccccc4)C=CC(NC4=CC=C(c5ccc6c(c5)C5C=CC=CC5N6c5ccccc5)CC=C4)C3)cc21. The molecule has 5 aromatic carbocycles. The lowest BCUT2D eigenvalue weighted by Gasteiger charge is -2.28. The van der Waals surface area contributed by atoms with E-state index in [4.69, 9.17) is 0 Å². The van der Waals surface area contributed by atoms with Gasteiger partial charge in [-0.05, 0) is 105 Å². The van der Waals surface area contributed by atoms with Crippen molar-refractivity contribution in [2.24, 2.45) is 0 Å². The first-order chi connectivity index (χ1) is 27.0. The number of nitrogens with zero attached hydrogens (tertiary/aromatic N) is 1. The van der Waals surface area contributed by atoms with Crippen molar-refractivity contribution >= 4 is 22.5 Å². The predicted octanol–water partition coefficient (Wildman–Crippen LogP) is 12.7. The molecule has 0 saturated carbocycles. The van der Waals surface area contributed by atoms with E-state index in [0.29, 0.717) is 12.0 Å². The highest BCUT2D eigenvalue weighted by Gasteiger charge is 2.38. The van der Waals surface area contributed by atoms with Crippen LogP contribution in [0.15, 0.2) is 194 Å². The highest BCUT2D eigenvalue weighted by Crippen LogP contribution is 2.50. The molecule has 0 aromatic heterocycles. The number of allylic oxidation sites excluding steroid dienone is 10. The van der Waals surface area contributed by atoms with Crippen molar-refractivity contribution < 1.29 is 0 Å². The summed E-state index contributed by atoms with van der Waals surface area (Å²) in [6.45, 7) is 4.75. The van der Waals surface area contributed by atoms with E-state index in [1.54, 1.807) is 0 Å². The Kier molecular flexibility index (Phi) is 8.29. The van der Waals surface area contributed by atoms with Crippen LogP contribution in [-0.4, -0.2) is 12.1 Å². The molecular formula is C53H46N2. The molecule has 4 aliphatic carbocycles. The molecule has 268 valence electrons. The molecule has 0 bridgehead atoms. The van der Waals surface area contributed by atoms with Crippen molar-refractivity contribution in [2.45, 2.75) is 56.0 Å². The fraction of sp³-hybridized carbons (Fsp3) is 0.170. The lowest BCUT2D eigenvalue weighted by atomic mass is 9.80. The van der Waals surface area contributed by atoms with Gasteiger partial charge in [0.1, 0.15) is 0 Å². The highest BCUT2D eigenvalue weighted by molar-refractivity contribution is 5.82. The van der Waals surface area contributed by atoms with Gasteiger partial charge in [0, 0.05) is 40.4 Å². The second-order valence-electron chi connectivity index (χ2n) is 16.1. The lowest BCUT2D eigenvalue weighted by Crippen LogP contribution is -2.28. The average Bonchev–Trinajstić information content (AvgIpc) is 3.40. The quantitative estimate of drug-likeness (QED) is 0.189. The Hall–Kier alpha value is -6.12. The van der Waals surface area contributed by atoms with Crippen LogP contribution < -0.4 is 10.2 Å². The first-order valence-corrected chi connectivity index (χ1v) is 19.9. The average molecular weight is 711 g/mol. The number of rotatable bonds is 6. The standard InChI is InChI=1S/C53H46N2/c1-53(2)49-22-11-9-20-45(49)46-30-26-40(35-50(46)53)41-32-38(36-14-5-3-6-15-36)25-29-43(33-41)54-42-17-13-16-37(24-28-42)39-27-31-52-48(34-39)47-21-10-12-23-51(47)55(52)44-18-7-4-8-19-44/h3-15,17-32,34-35,41,43,47,51,54H,16,33H2,1-2H3. The molecule has 1 N–H and O–H groups in total. The van der Waals surface area contributed by atoms with Crippen molar-refractivity contribution in [3.05, 3.63) is 227 Å². The normalized spacial score (nSPS) is 22.7. The molecule has 0 saturated heterocycles. The molecule has 1 heterocycles. The highest BCUT2D eigenvalue weighted by atomic mass is 15.2. The molecule has 0 amide bonds. The molecule has 4 atom stereocenters. The van der Waals surface area contributed by atoms with Gasteiger partial charge in [0.2, 0.25) is 0 Å². The predicted molar refractivity (Wildman–Crippen MR) is 231 cm³/mol. The fourth-order valence-corrected chi connectivity index (χ4v) is 9.61. The Bertz CT molecular complexity index is 2500. The number of hydrogen-bond acceptors (Lipinski definition) is 2. The third kappa shape index (κ3) is 5.97. The monoisotopic (exact) mass is 710 g/mol. The Labute approximate surface area is 326 Å². The van der Waals surface area contributed by atoms with Crippen LogP contribution in [0.2, 0.25) is 0 Å². The fourth-order valence-electron chi connectivity index (χ4n) is 9.61. The van der Waals surface area contributed by atoms with Gasteiger partial charge in [-0.3, -0.25) is 0 Å². The van der Waals surface area contributed by atoms with Crippen LogP contribution >= 0.6 is 0 Å². The maximum absolute atomic E-state index is 3.95. The smallest absolute Gasteiger partial charge is 0.0629 e. The molecule has 0 spiro atoms. The van der Waals surface area contributed by atoms with Crippen LogP contribution in [-0.2, 0) is 5.41 Å². The van der Waals surface area contributed by atoms with Crippen molar-refractivity contribution in [2.75, 3.05) is 4.90 Å². The summed E-state index contributed by atoms with van der Waals surface area (Å²) in [5, 5.41) is 3.95. The number of hydrogen-bond donors (Lipinski definition) is 1. The van der Waals surface area contributed by atoms with Gasteiger partial charge in [-0.2, -0.15) is 0 Å². The molecule has 2 nitrogen and oxygen atoms in total. The zero-order valence-corrected chi connectivity index (χ0v) is 31.6. The maximum Gasteiger partial charge on any atom is 0.0629 e. The first kappa shape index (κ1) is 33.4. The molecule has 0 radical (unpaired) electrons. The van der Waals surface area contributed by atoms with Crippen molar-refractivity contribution in [3.8, 4) is 11.1 Å². The van der Waals surface area contributed by atoms with Gasteiger partial charge in [0.25, 0.3) is 0 Å². The van der Waals surface area contributed by atoms with Gasteiger partial charge in [-0.1, -0.05) is 166 Å². The number of nitrogens with one attached hydrogen (secondary N) is 1. The van der Waals surface area contributed by atoms with Gasteiger partial charge in [0.05, 0.1) is 6.04 Å². The summed E-state index contributed by atoms with van der Waals surface area (Å²) in [4.78, 5) is 2.50. The Morgan fingerprint density at radius 3 is 2.33 bits per heavy atom. The molecule has 5 aromatic rings. The van der Waals surface area contributed by atoms with Crippen LogP contribution in [0.4, 0.5) is 11.4 Å². The Morgan fingerprint density at radius 2 is 1.45 bits per heavy atom. The van der Waals surface area contributed by atoms with Crippen LogP contribution in [0.5, 0.6) is 0 Å². The molecule has 5 aliphatic rings. The van der Waals surface area contributed by atoms with Gasteiger partial charge in [-0.15, -0.1) is 0 Å². The largest absolute Gasteiger partial charge is 0.379 e. The summed E-state index contributed by atoms with van der Waals surface area (Å²) < 4.78 is 0. The second kappa shape index (κ2) is 13.6. The summed E-state index contributed by atoms with van der Waals surface area (Å²) in [6.07, 6.45) is 27.4. The number of benzene rings is 5. The van der Waals surface area contributed by atoms with E-state index in [0.717, 1.165) is 18.5 Å². The van der Waals surface area contributed by atoms with Crippen molar-refractivity contribution in [1.82, 2.24) is 5.32 Å². The molecule has 1 aliphatic heterocycles. The zero-order chi connectivity index (χ0) is 36.9. The van der Waals surface area contributed by atoms with Crippen LogP contribution in [0.1, 0.15) is 71.9 Å². The van der Waals surface area contributed by atoms with Crippen LogP contribution in [0.3, 0.4) is 0 Å². The minimum atomic E-state index is -0.0273. The number of anilines is 2. The summed E-state index contributed by atoms with van der Waals surface area (Å²) in [6, 6.07) is 45.4. The maximum atomic E-state index is 3.95. The van der Waals surface area contributed by atoms with Gasteiger partial charge in [0.15, 0.2) is 0 Å². The molecule has 10 rings (SSSR count). The molecular weight excluding hydrogens is 665 g/mol. The topological polar surface area (TPSA) is 15.3 Å². The summed E-state index contributed by atoms with van der Waals surface area (Å²) in [5.74, 6) is 0.592. The zero-order valence-electron chi connectivity index (χ0n) is 31.6. The van der Waals surface area contributed by atoms with Gasteiger partial charge in [-0.25, -0.2) is 0 Å². The lowest BCUT2D eigenvalue weighted by molar-refractivity contribution is 0.590. The number of para-hydroxylation sites is 1. The van der Waals surface area contributed by atoms with E-state index < -0.39 is 0 Å². The summed E-state index contributed by atoms with van der Waals surface area (Å²) >= 11 is 0. The Morgan fingerprint density at radius 1 is 0.673 bits per heavy atom. The third-order valence-electron chi connectivity index (χ3n) is 12.4. The minimum Gasteiger partial charge on any atom is -0.379 e. The van der Waals surface area contributed by atoms with Gasteiger partial charge < -0.3 is 10.2 Å². The number of fused-ring (bicyclic) bond motifs is 6. The molecule has 0 fully saturated rings. The van der Waals surface area contributed by atoms with E-state index in [1.165, 1.54) is 67.0 Å². The van der Waals surface area contributed by atoms with Gasteiger partial charge >= 0.3 is 0 Å². The second-order valence-corrected chi connectivity index (χ2v) is 16.1.